The molecule has 1 rings (SSSR count). The van der Waals surface area contributed by atoms with Crippen molar-refractivity contribution in [2.45, 2.75) is 64.8 Å². The van der Waals surface area contributed by atoms with Crippen LogP contribution in [0.4, 0.5) is 0 Å². The summed E-state index contributed by atoms with van der Waals surface area (Å²) in [6.07, 6.45) is 6.77. The van der Waals surface area contributed by atoms with Gasteiger partial charge in [-0.3, -0.25) is 0 Å². The highest BCUT2D eigenvalue weighted by molar-refractivity contribution is 7.86. The average Bonchev–Trinajstić information content (AvgIpc) is 2.47. The van der Waals surface area contributed by atoms with Gasteiger partial charge in [-0.2, -0.15) is 17.0 Å². The van der Waals surface area contributed by atoms with Gasteiger partial charge in [-0.1, -0.05) is 33.1 Å². The highest BCUT2D eigenvalue weighted by atomic mass is 35.5. The molecule has 0 radical (unpaired) electrons. The van der Waals surface area contributed by atoms with Crippen LogP contribution in [0.3, 0.4) is 0 Å². The molecule has 6 heteroatoms. The lowest BCUT2D eigenvalue weighted by molar-refractivity contribution is 0.244. The first-order valence-electron chi connectivity index (χ1n) is 7.90. The first-order chi connectivity index (χ1) is 9.57. The van der Waals surface area contributed by atoms with Crippen molar-refractivity contribution in [1.29, 1.82) is 0 Å². The Labute approximate surface area is 129 Å². The van der Waals surface area contributed by atoms with Crippen LogP contribution >= 0.6 is 11.6 Å². The van der Waals surface area contributed by atoms with Gasteiger partial charge >= 0.3 is 0 Å². The van der Waals surface area contributed by atoms with E-state index in [9.17, 15) is 8.42 Å². The summed E-state index contributed by atoms with van der Waals surface area (Å²) in [6.45, 7) is 6.06. The van der Waals surface area contributed by atoms with E-state index in [2.05, 4.69) is 13.8 Å². The third-order valence-electron chi connectivity index (χ3n) is 3.90. The van der Waals surface area contributed by atoms with Crippen LogP contribution in [0.5, 0.6) is 0 Å². The third-order valence-corrected chi connectivity index (χ3v) is 6.34. The Morgan fingerprint density at radius 1 is 1.15 bits per heavy atom. The van der Waals surface area contributed by atoms with Gasteiger partial charge in [0.1, 0.15) is 0 Å². The molecular formula is C14H29ClN2O2S. The molecule has 1 atom stereocenters. The average molecular weight is 325 g/mol. The fourth-order valence-corrected chi connectivity index (χ4v) is 4.93. The molecule has 0 N–H and O–H groups in total. The van der Waals surface area contributed by atoms with Crippen molar-refractivity contribution in [3.63, 3.8) is 0 Å². The molecule has 0 aromatic heterocycles. The summed E-state index contributed by atoms with van der Waals surface area (Å²) in [6, 6.07) is -0.0267. The highest BCUT2D eigenvalue weighted by Crippen LogP contribution is 2.24. The van der Waals surface area contributed by atoms with E-state index in [-0.39, 0.29) is 6.04 Å². The van der Waals surface area contributed by atoms with E-state index in [4.69, 9.17) is 11.6 Å². The Hall–Kier alpha value is 0.160. The largest absolute Gasteiger partial charge is 0.282 e. The minimum absolute atomic E-state index is 0.0267. The maximum atomic E-state index is 12.9. The zero-order valence-corrected chi connectivity index (χ0v) is 14.4. The maximum Gasteiger partial charge on any atom is 0.282 e. The molecule has 0 bridgehead atoms. The monoisotopic (exact) mass is 324 g/mol. The molecule has 0 aromatic carbocycles. The van der Waals surface area contributed by atoms with Gasteiger partial charge in [0.15, 0.2) is 0 Å². The molecule has 0 spiro atoms. The molecule has 20 heavy (non-hydrogen) atoms. The molecule has 0 amide bonds. The second-order valence-electron chi connectivity index (χ2n) is 5.53. The summed E-state index contributed by atoms with van der Waals surface area (Å²) in [7, 11) is -3.35. The van der Waals surface area contributed by atoms with Crippen molar-refractivity contribution in [3.8, 4) is 0 Å². The van der Waals surface area contributed by atoms with Crippen LogP contribution in [0.2, 0.25) is 0 Å². The molecule has 1 saturated heterocycles. The summed E-state index contributed by atoms with van der Waals surface area (Å²) >= 11 is 5.97. The van der Waals surface area contributed by atoms with E-state index in [1.807, 2.05) is 0 Å². The zero-order valence-electron chi connectivity index (χ0n) is 12.9. The standard InChI is InChI=1S/C14H29ClN2O2S/c1-3-5-10-16(11-6-4-2)20(18,19)17-12-8-7-9-14(17)13-15/h14H,3-13H2,1-2H3. The molecule has 1 aliphatic rings. The number of rotatable bonds is 9. The Balaban J connectivity index is 2.83. The van der Waals surface area contributed by atoms with Gasteiger partial charge in [-0.15, -0.1) is 11.6 Å². The molecule has 0 saturated carbocycles. The van der Waals surface area contributed by atoms with E-state index in [1.54, 1.807) is 8.61 Å². The van der Waals surface area contributed by atoms with E-state index in [0.717, 1.165) is 44.9 Å². The van der Waals surface area contributed by atoms with Crippen LogP contribution in [0.15, 0.2) is 0 Å². The van der Waals surface area contributed by atoms with Gasteiger partial charge in [0, 0.05) is 31.6 Å². The van der Waals surface area contributed by atoms with Gasteiger partial charge in [-0.25, -0.2) is 0 Å². The molecule has 1 aliphatic heterocycles. The van der Waals surface area contributed by atoms with Crippen LogP contribution < -0.4 is 0 Å². The van der Waals surface area contributed by atoms with Gasteiger partial charge in [0.25, 0.3) is 10.2 Å². The van der Waals surface area contributed by atoms with Crippen LogP contribution in [0, 0.1) is 0 Å². The van der Waals surface area contributed by atoms with Gasteiger partial charge in [-0.05, 0) is 25.7 Å². The maximum absolute atomic E-state index is 12.9. The summed E-state index contributed by atoms with van der Waals surface area (Å²) in [5, 5.41) is 0. The van der Waals surface area contributed by atoms with Crippen LogP contribution in [-0.2, 0) is 10.2 Å². The van der Waals surface area contributed by atoms with Crippen molar-refractivity contribution in [2.24, 2.45) is 0 Å². The van der Waals surface area contributed by atoms with E-state index in [0.29, 0.717) is 25.5 Å². The topological polar surface area (TPSA) is 40.6 Å². The molecule has 1 fully saturated rings. The number of alkyl halides is 1. The lowest BCUT2D eigenvalue weighted by Crippen LogP contribution is -2.51. The van der Waals surface area contributed by atoms with Gasteiger partial charge in [0.2, 0.25) is 0 Å². The fraction of sp³-hybridized carbons (Fsp3) is 1.00. The third kappa shape index (κ3) is 4.86. The molecule has 4 nitrogen and oxygen atoms in total. The first kappa shape index (κ1) is 18.2. The van der Waals surface area contributed by atoms with Crippen molar-refractivity contribution >= 4 is 21.8 Å². The van der Waals surface area contributed by atoms with Crippen LogP contribution in [0.25, 0.3) is 0 Å². The van der Waals surface area contributed by atoms with Crippen LogP contribution in [0.1, 0.15) is 58.8 Å². The number of hydrogen-bond acceptors (Lipinski definition) is 2. The zero-order chi connectivity index (χ0) is 15.0. The van der Waals surface area contributed by atoms with E-state index >= 15 is 0 Å². The SMILES string of the molecule is CCCCN(CCCC)S(=O)(=O)N1CCCCC1CCl. The Kier molecular flexibility index (Phi) is 8.41. The normalized spacial score (nSPS) is 21.5. The Morgan fingerprint density at radius 3 is 2.25 bits per heavy atom. The van der Waals surface area contributed by atoms with Crippen molar-refractivity contribution in [2.75, 3.05) is 25.5 Å². The van der Waals surface area contributed by atoms with E-state index < -0.39 is 10.2 Å². The number of hydrogen-bond donors (Lipinski definition) is 0. The van der Waals surface area contributed by atoms with Gasteiger partial charge < -0.3 is 0 Å². The molecule has 0 aromatic rings. The minimum Gasteiger partial charge on any atom is -0.195 e. The molecular weight excluding hydrogens is 296 g/mol. The lowest BCUT2D eigenvalue weighted by atomic mass is 10.1. The summed E-state index contributed by atoms with van der Waals surface area (Å²) in [5.74, 6) is 0.397. The molecule has 1 heterocycles. The molecule has 1 unspecified atom stereocenters. The first-order valence-corrected chi connectivity index (χ1v) is 9.83. The molecule has 0 aliphatic carbocycles. The van der Waals surface area contributed by atoms with Crippen LogP contribution in [-0.4, -0.2) is 48.6 Å². The summed E-state index contributed by atoms with van der Waals surface area (Å²) in [4.78, 5) is 0. The van der Waals surface area contributed by atoms with Crippen molar-refractivity contribution < 1.29 is 8.42 Å². The quantitative estimate of drug-likeness (QED) is 0.611. The Bertz CT molecular complexity index is 354. The number of piperidine rings is 1. The van der Waals surface area contributed by atoms with Crippen molar-refractivity contribution in [1.82, 2.24) is 8.61 Å². The predicted octanol–water partition coefficient (Wildman–Crippen LogP) is 3.23. The molecule has 120 valence electrons. The number of nitrogens with zero attached hydrogens (tertiary/aromatic N) is 2. The Morgan fingerprint density at radius 2 is 1.75 bits per heavy atom. The van der Waals surface area contributed by atoms with Crippen molar-refractivity contribution in [3.05, 3.63) is 0 Å². The van der Waals surface area contributed by atoms with Gasteiger partial charge in [0.05, 0.1) is 0 Å². The highest BCUT2D eigenvalue weighted by Gasteiger charge is 2.35. The second-order valence-corrected chi connectivity index (χ2v) is 7.72. The van der Waals surface area contributed by atoms with E-state index in [1.165, 1.54) is 0 Å². The fourth-order valence-electron chi connectivity index (χ4n) is 2.59. The minimum atomic E-state index is -3.35. The lowest BCUT2D eigenvalue weighted by Gasteiger charge is -2.37. The predicted molar refractivity (Wildman–Crippen MR) is 85.4 cm³/mol. The summed E-state index contributed by atoms with van der Waals surface area (Å²) in [5.41, 5.74) is 0. The second kappa shape index (κ2) is 9.23. The summed E-state index contributed by atoms with van der Waals surface area (Å²) < 4.78 is 29.0. The number of halogens is 1. The smallest absolute Gasteiger partial charge is 0.195 e. The number of unbranched alkanes of at least 4 members (excludes halogenated alkanes) is 2.